The maximum absolute atomic E-state index is 9.96. The lowest BCUT2D eigenvalue weighted by molar-refractivity contribution is -0.0384. The van der Waals surface area contributed by atoms with Crippen LogP contribution in [0.1, 0.15) is 92.9 Å². The quantitative estimate of drug-likeness (QED) is 0.254. The van der Waals surface area contributed by atoms with E-state index in [0.717, 1.165) is 42.2 Å². The minimum Gasteiger partial charge on any atom is -0.411 e. The fraction of sp³-hybridized carbons (Fsp3) is 0.793. The number of nitrogens with zero attached hydrogens (tertiary/aromatic N) is 2. The van der Waals surface area contributed by atoms with E-state index in [9.17, 15) is 10.4 Å². The molecule has 184 valence electrons. The van der Waals surface area contributed by atoms with Gasteiger partial charge in [0.2, 0.25) is 0 Å². The van der Waals surface area contributed by atoms with E-state index in [1.165, 1.54) is 32.1 Å². The predicted octanol–water partition coefficient (Wildman–Crippen LogP) is 7.71. The minimum absolute atomic E-state index is 0.0230. The van der Waals surface area contributed by atoms with Crippen molar-refractivity contribution >= 4 is 11.4 Å². The number of rotatable bonds is 5. The summed E-state index contributed by atoms with van der Waals surface area (Å²) in [7, 11) is 0. The van der Waals surface area contributed by atoms with E-state index < -0.39 is 0 Å². The molecule has 7 unspecified atom stereocenters. The molecule has 0 radical (unpaired) electrons. The van der Waals surface area contributed by atoms with Gasteiger partial charge in [-0.1, -0.05) is 64.0 Å². The zero-order valence-corrected chi connectivity index (χ0v) is 21.7. The van der Waals surface area contributed by atoms with Crippen LogP contribution in [0.15, 0.2) is 34.1 Å². The summed E-state index contributed by atoms with van der Waals surface area (Å²) in [6.07, 6.45) is 16.1. The molecule has 0 heterocycles. The molecule has 4 heteroatoms. The molecule has 4 rings (SSSR count). The van der Waals surface area contributed by atoms with Gasteiger partial charge in [0.05, 0.1) is 11.4 Å². The fourth-order valence-corrected chi connectivity index (χ4v) is 8.78. The van der Waals surface area contributed by atoms with E-state index in [2.05, 4.69) is 64.0 Å². The smallest absolute Gasteiger partial charge is 0.0836 e. The van der Waals surface area contributed by atoms with Crippen LogP contribution in [0, 0.1) is 52.3 Å². The van der Waals surface area contributed by atoms with Gasteiger partial charge in [0.25, 0.3) is 0 Å². The summed E-state index contributed by atoms with van der Waals surface area (Å²) in [6.45, 7) is 14.4. The molecule has 0 aromatic rings. The standard InChI is InChI=1S/C29H46N2O2/c1-7-20(18(2)3)9-8-19(4)23-10-11-24-22-17-27(31-33)26-16-21(30-32)12-14-29(26,6)25(22)13-15-28(23,24)5/h8-9,16,18-20,22-25,32-33H,7,10-15,17H2,1-6H3/b9-8+,30-21+,31-27-/t19-,20?,22?,23?,24?,25?,28?,29?/m1/s1. The van der Waals surface area contributed by atoms with Gasteiger partial charge in [-0.05, 0) is 115 Å². The highest BCUT2D eigenvalue weighted by molar-refractivity contribution is 6.09. The second-order valence-electron chi connectivity index (χ2n) is 12.5. The Labute approximate surface area is 201 Å². The highest BCUT2D eigenvalue weighted by atomic mass is 16.4. The molecule has 8 atom stereocenters. The molecule has 0 bridgehead atoms. The number of allylic oxidation sites excluding steroid dienone is 4. The maximum atomic E-state index is 9.96. The third-order valence-corrected chi connectivity index (χ3v) is 10.8. The molecular weight excluding hydrogens is 408 g/mol. The molecule has 33 heavy (non-hydrogen) atoms. The Morgan fingerprint density at radius 1 is 1.03 bits per heavy atom. The van der Waals surface area contributed by atoms with E-state index in [1.807, 2.05) is 6.08 Å². The second kappa shape index (κ2) is 9.23. The molecule has 2 N–H and O–H groups in total. The average Bonchev–Trinajstić information content (AvgIpc) is 3.15. The van der Waals surface area contributed by atoms with Crippen molar-refractivity contribution in [3.63, 3.8) is 0 Å². The Morgan fingerprint density at radius 3 is 2.42 bits per heavy atom. The van der Waals surface area contributed by atoms with Crippen molar-refractivity contribution in [3.8, 4) is 0 Å². The molecule has 3 saturated carbocycles. The normalized spacial score (nSPS) is 42.8. The van der Waals surface area contributed by atoms with E-state index in [0.29, 0.717) is 40.9 Å². The van der Waals surface area contributed by atoms with Gasteiger partial charge in [-0.3, -0.25) is 0 Å². The molecule has 0 amide bonds. The fourth-order valence-electron chi connectivity index (χ4n) is 8.78. The van der Waals surface area contributed by atoms with Crippen LogP contribution in [0.4, 0.5) is 0 Å². The first-order chi connectivity index (χ1) is 15.7. The molecule has 0 aliphatic heterocycles. The third-order valence-electron chi connectivity index (χ3n) is 10.8. The first-order valence-corrected chi connectivity index (χ1v) is 13.5. The van der Waals surface area contributed by atoms with Crippen molar-refractivity contribution < 1.29 is 10.4 Å². The summed E-state index contributed by atoms with van der Waals surface area (Å²) in [4.78, 5) is 0. The largest absolute Gasteiger partial charge is 0.411 e. The molecule has 4 nitrogen and oxygen atoms in total. The number of hydrogen-bond donors (Lipinski definition) is 2. The van der Waals surface area contributed by atoms with Crippen LogP contribution < -0.4 is 0 Å². The van der Waals surface area contributed by atoms with Gasteiger partial charge in [0, 0.05) is 0 Å². The van der Waals surface area contributed by atoms with Crippen molar-refractivity contribution in [2.45, 2.75) is 92.9 Å². The zero-order valence-electron chi connectivity index (χ0n) is 21.7. The molecule has 0 aromatic carbocycles. The predicted molar refractivity (Wildman–Crippen MR) is 136 cm³/mol. The van der Waals surface area contributed by atoms with Crippen LogP contribution in [-0.2, 0) is 0 Å². The summed E-state index contributed by atoms with van der Waals surface area (Å²) in [5, 5.41) is 26.6. The topological polar surface area (TPSA) is 65.2 Å². The Hall–Kier alpha value is -1.58. The number of hydrogen-bond acceptors (Lipinski definition) is 4. The molecular formula is C29H46N2O2. The van der Waals surface area contributed by atoms with Crippen LogP contribution in [-0.4, -0.2) is 21.8 Å². The van der Waals surface area contributed by atoms with Crippen molar-refractivity contribution in [2.75, 3.05) is 0 Å². The first-order valence-electron chi connectivity index (χ1n) is 13.5. The minimum atomic E-state index is 0.0230. The Morgan fingerprint density at radius 2 is 1.79 bits per heavy atom. The van der Waals surface area contributed by atoms with Crippen LogP contribution in [0.25, 0.3) is 0 Å². The van der Waals surface area contributed by atoms with Crippen LogP contribution >= 0.6 is 0 Å². The molecule has 4 aliphatic rings. The van der Waals surface area contributed by atoms with Crippen molar-refractivity contribution in [1.82, 2.24) is 0 Å². The Kier molecular flexibility index (Phi) is 6.86. The summed E-state index contributed by atoms with van der Waals surface area (Å²) in [6, 6.07) is 0. The van der Waals surface area contributed by atoms with Crippen molar-refractivity contribution in [3.05, 3.63) is 23.8 Å². The summed E-state index contributed by atoms with van der Waals surface area (Å²) < 4.78 is 0. The van der Waals surface area contributed by atoms with E-state index >= 15 is 0 Å². The molecule has 3 fully saturated rings. The van der Waals surface area contributed by atoms with Gasteiger partial charge >= 0.3 is 0 Å². The third kappa shape index (κ3) is 4.00. The lowest BCUT2D eigenvalue weighted by Crippen LogP contribution is -2.53. The van der Waals surface area contributed by atoms with Crippen LogP contribution in [0.3, 0.4) is 0 Å². The maximum Gasteiger partial charge on any atom is 0.0836 e. The zero-order chi connectivity index (χ0) is 24.0. The van der Waals surface area contributed by atoms with Crippen molar-refractivity contribution in [2.24, 2.45) is 62.6 Å². The van der Waals surface area contributed by atoms with Gasteiger partial charge in [0.1, 0.15) is 0 Å². The van der Waals surface area contributed by atoms with Gasteiger partial charge in [-0.2, -0.15) is 0 Å². The van der Waals surface area contributed by atoms with E-state index in [1.54, 1.807) is 0 Å². The van der Waals surface area contributed by atoms with Gasteiger partial charge in [-0.15, -0.1) is 0 Å². The number of oxime groups is 2. The molecule has 0 saturated heterocycles. The highest BCUT2D eigenvalue weighted by Crippen LogP contribution is 2.67. The molecule has 0 spiro atoms. The SMILES string of the molecule is CCC(/C=C/[C@@H](C)C1CCC2C3C/C(=N/O)C4=C/C(=N/O)CCC4(C)C3CCC21C)C(C)C. The number of fused-ring (bicyclic) bond motifs is 5. The molecule has 0 aromatic heterocycles. The van der Waals surface area contributed by atoms with Crippen molar-refractivity contribution in [1.29, 1.82) is 0 Å². The molecule has 4 aliphatic carbocycles. The Balaban J connectivity index is 1.59. The lowest BCUT2D eigenvalue weighted by atomic mass is 9.46. The summed E-state index contributed by atoms with van der Waals surface area (Å²) in [5.74, 6) is 4.65. The van der Waals surface area contributed by atoms with Crippen LogP contribution in [0.5, 0.6) is 0 Å². The van der Waals surface area contributed by atoms with Gasteiger partial charge in [0.15, 0.2) is 0 Å². The van der Waals surface area contributed by atoms with Crippen LogP contribution in [0.2, 0.25) is 0 Å². The van der Waals surface area contributed by atoms with Gasteiger partial charge < -0.3 is 10.4 Å². The first kappa shape index (κ1) is 24.5. The monoisotopic (exact) mass is 454 g/mol. The second-order valence-corrected chi connectivity index (χ2v) is 12.5. The summed E-state index contributed by atoms with van der Waals surface area (Å²) >= 11 is 0. The lowest BCUT2D eigenvalue weighted by Gasteiger charge is -2.58. The van der Waals surface area contributed by atoms with E-state index in [4.69, 9.17) is 0 Å². The Bertz CT molecular complexity index is 856. The van der Waals surface area contributed by atoms with Gasteiger partial charge in [-0.25, -0.2) is 0 Å². The highest BCUT2D eigenvalue weighted by Gasteiger charge is 2.60. The summed E-state index contributed by atoms with van der Waals surface area (Å²) in [5.41, 5.74) is 3.07. The van der Waals surface area contributed by atoms with E-state index in [-0.39, 0.29) is 5.41 Å². The average molecular weight is 455 g/mol.